The molecule has 0 spiro atoms. The highest BCUT2D eigenvalue weighted by molar-refractivity contribution is 5.53. The van der Waals surface area contributed by atoms with Crippen molar-refractivity contribution in [3.63, 3.8) is 0 Å². The smallest absolute Gasteiger partial charge is 0.0358 e. The molecule has 1 aromatic carbocycles. The third kappa shape index (κ3) is 1.35. The molecule has 0 amide bonds. The molecule has 0 radical (unpaired) electrons. The molecule has 0 saturated heterocycles. The maximum Gasteiger partial charge on any atom is 0.0358 e. The summed E-state index contributed by atoms with van der Waals surface area (Å²) in [4.78, 5) is 0. The summed E-state index contributed by atoms with van der Waals surface area (Å²) in [7, 11) is 1.87. The van der Waals surface area contributed by atoms with Gasteiger partial charge in [0.2, 0.25) is 0 Å². The number of nitrogens with two attached hydrogens (primary N) is 1. The third-order valence-corrected chi connectivity index (χ3v) is 1.18. The van der Waals surface area contributed by atoms with Gasteiger partial charge in [0, 0.05) is 18.4 Å². The van der Waals surface area contributed by atoms with E-state index in [4.69, 9.17) is 5.73 Å². The van der Waals surface area contributed by atoms with Crippen molar-refractivity contribution in [2.45, 2.75) is 0 Å². The average Bonchev–Trinajstić information content (AvgIpc) is 1.88. The van der Waals surface area contributed by atoms with E-state index in [1.807, 2.05) is 31.3 Å². The minimum atomic E-state index is 0.793. The second kappa shape index (κ2) is 2.40. The fraction of sp³-hybridized carbons (Fsp3) is 0.143. The van der Waals surface area contributed by atoms with E-state index in [1.54, 1.807) is 0 Å². The monoisotopic (exact) mass is 122 g/mol. The van der Waals surface area contributed by atoms with Crippen molar-refractivity contribution in [3.05, 3.63) is 24.3 Å². The summed E-state index contributed by atoms with van der Waals surface area (Å²) < 4.78 is 0. The van der Waals surface area contributed by atoms with Gasteiger partial charge in [-0.15, -0.1) is 0 Å². The molecule has 0 unspecified atom stereocenters. The van der Waals surface area contributed by atoms with Crippen LogP contribution in [0, 0.1) is 0 Å². The zero-order valence-corrected chi connectivity index (χ0v) is 5.39. The Balaban J connectivity index is 2.94. The van der Waals surface area contributed by atoms with E-state index in [-0.39, 0.29) is 0 Å². The Kier molecular flexibility index (Phi) is 1.58. The van der Waals surface area contributed by atoms with Crippen LogP contribution in [0.5, 0.6) is 0 Å². The van der Waals surface area contributed by atoms with Crippen molar-refractivity contribution in [3.8, 4) is 0 Å². The Morgan fingerprint density at radius 1 is 1.44 bits per heavy atom. The molecule has 48 valence electrons. The van der Waals surface area contributed by atoms with Crippen LogP contribution in [-0.4, -0.2) is 7.05 Å². The van der Waals surface area contributed by atoms with Crippen LogP contribution in [0.15, 0.2) is 24.3 Å². The highest BCUT2D eigenvalue weighted by Gasteiger charge is 1.85. The number of rotatable bonds is 1. The summed E-state index contributed by atoms with van der Waals surface area (Å²) in [5.74, 6) is 0. The molecule has 1 rings (SSSR count). The SMILES string of the molecule is CNc1cccc(N)c1. The van der Waals surface area contributed by atoms with Crippen LogP contribution < -0.4 is 11.1 Å². The molecule has 0 aliphatic heterocycles. The lowest BCUT2D eigenvalue weighted by Gasteiger charge is -1.98. The van der Waals surface area contributed by atoms with Crippen LogP contribution in [0.3, 0.4) is 0 Å². The second-order valence-electron chi connectivity index (χ2n) is 1.88. The van der Waals surface area contributed by atoms with E-state index in [2.05, 4.69) is 5.32 Å². The van der Waals surface area contributed by atoms with Gasteiger partial charge in [-0.25, -0.2) is 0 Å². The second-order valence-corrected chi connectivity index (χ2v) is 1.88. The van der Waals surface area contributed by atoms with E-state index < -0.39 is 0 Å². The van der Waals surface area contributed by atoms with Crippen molar-refractivity contribution < 1.29 is 0 Å². The Morgan fingerprint density at radius 2 is 2.22 bits per heavy atom. The molecule has 0 aromatic heterocycles. The largest absolute Gasteiger partial charge is 0.399 e. The lowest BCUT2D eigenvalue weighted by atomic mass is 10.3. The van der Waals surface area contributed by atoms with E-state index in [9.17, 15) is 0 Å². The highest BCUT2D eigenvalue weighted by atomic mass is 14.8. The van der Waals surface area contributed by atoms with Gasteiger partial charge < -0.3 is 11.1 Å². The van der Waals surface area contributed by atoms with Crippen molar-refractivity contribution in [2.75, 3.05) is 18.1 Å². The average molecular weight is 122 g/mol. The van der Waals surface area contributed by atoms with Gasteiger partial charge in [-0.3, -0.25) is 0 Å². The van der Waals surface area contributed by atoms with Crippen molar-refractivity contribution >= 4 is 11.4 Å². The molecule has 9 heavy (non-hydrogen) atoms. The van der Waals surface area contributed by atoms with Crippen LogP contribution in [0.1, 0.15) is 0 Å². The van der Waals surface area contributed by atoms with Gasteiger partial charge in [0.15, 0.2) is 0 Å². The minimum absolute atomic E-state index is 0.793. The number of nitrogens with one attached hydrogen (secondary N) is 1. The van der Waals surface area contributed by atoms with E-state index in [0.29, 0.717) is 0 Å². The zero-order valence-electron chi connectivity index (χ0n) is 5.39. The summed E-state index contributed by atoms with van der Waals surface area (Å²) in [6.45, 7) is 0. The van der Waals surface area contributed by atoms with Crippen LogP contribution in [-0.2, 0) is 0 Å². The predicted octanol–water partition coefficient (Wildman–Crippen LogP) is 1.31. The van der Waals surface area contributed by atoms with Gasteiger partial charge in [0.25, 0.3) is 0 Å². The Bertz CT molecular complexity index is 196. The molecule has 3 N–H and O–H groups in total. The van der Waals surface area contributed by atoms with Gasteiger partial charge in [0.1, 0.15) is 0 Å². The maximum atomic E-state index is 5.49. The van der Waals surface area contributed by atoms with Crippen LogP contribution in [0.2, 0.25) is 0 Å². The van der Waals surface area contributed by atoms with Gasteiger partial charge in [-0.05, 0) is 18.2 Å². The van der Waals surface area contributed by atoms with E-state index >= 15 is 0 Å². The first-order valence-electron chi connectivity index (χ1n) is 2.86. The first-order valence-corrected chi connectivity index (χ1v) is 2.86. The van der Waals surface area contributed by atoms with Crippen LogP contribution in [0.25, 0.3) is 0 Å². The Morgan fingerprint density at radius 3 is 2.67 bits per heavy atom. The molecule has 0 atom stereocenters. The fourth-order valence-electron chi connectivity index (χ4n) is 0.694. The number of benzene rings is 1. The molecule has 2 heteroatoms. The predicted molar refractivity (Wildman–Crippen MR) is 40.4 cm³/mol. The molecule has 2 nitrogen and oxygen atoms in total. The summed E-state index contributed by atoms with van der Waals surface area (Å²) in [6.07, 6.45) is 0. The van der Waals surface area contributed by atoms with Crippen LogP contribution in [0.4, 0.5) is 11.4 Å². The van der Waals surface area contributed by atoms with Crippen molar-refractivity contribution in [1.82, 2.24) is 0 Å². The molecular weight excluding hydrogens is 112 g/mol. The molecular formula is C7H10N2. The van der Waals surface area contributed by atoms with E-state index in [0.717, 1.165) is 11.4 Å². The van der Waals surface area contributed by atoms with Gasteiger partial charge >= 0.3 is 0 Å². The molecule has 0 bridgehead atoms. The quantitative estimate of drug-likeness (QED) is 0.551. The topological polar surface area (TPSA) is 38.0 Å². The lowest BCUT2D eigenvalue weighted by molar-refractivity contribution is 1.51. The number of hydrogen-bond donors (Lipinski definition) is 2. The standard InChI is InChI=1S/C7H10N2/c1-9-7-4-2-3-6(8)5-7/h2-5,9H,8H2,1H3. The normalized spacial score (nSPS) is 9.00. The summed E-state index contributed by atoms with van der Waals surface area (Å²) in [5.41, 5.74) is 7.34. The molecule has 0 aliphatic carbocycles. The number of anilines is 2. The van der Waals surface area contributed by atoms with E-state index in [1.165, 1.54) is 0 Å². The molecule has 0 heterocycles. The Hall–Kier alpha value is -1.18. The number of nitrogen functional groups attached to an aromatic ring is 1. The van der Waals surface area contributed by atoms with Gasteiger partial charge in [-0.1, -0.05) is 6.07 Å². The molecule has 0 saturated carbocycles. The lowest BCUT2D eigenvalue weighted by Crippen LogP contribution is -1.89. The molecule has 0 aliphatic rings. The zero-order chi connectivity index (χ0) is 6.69. The number of hydrogen-bond acceptors (Lipinski definition) is 2. The van der Waals surface area contributed by atoms with Crippen molar-refractivity contribution in [1.29, 1.82) is 0 Å². The van der Waals surface area contributed by atoms with Gasteiger partial charge in [-0.2, -0.15) is 0 Å². The highest BCUT2D eigenvalue weighted by Crippen LogP contribution is 2.09. The Labute approximate surface area is 54.7 Å². The maximum absolute atomic E-state index is 5.49. The molecule has 0 fully saturated rings. The third-order valence-electron chi connectivity index (χ3n) is 1.18. The minimum Gasteiger partial charge on any atom is -0.399 e. The summed E-state index contributed by atoms with van der Waals surface area (Å²) in [5, 5.41) is 2.99. The van der Waals surface area contributed by atoms with Crippen molar-refractivity contribution in [2.24, 2.45) is 0 Å². The van der Waals surface area contributed by atoms with Gasteiger partial charge in [0.05, 0.1) is 0 Å². The molecule has 1 aromatic rings. The fourth-order valence-corrected chi connectivity index (χ4v) is 0.694. The first kappa shape index (κ1) is 5.95. The summed E-state index contributed by atoms with van der Waals surface area (Å²) in [6, 6.07) is 7.64. The first-order chi connectivity index (χ1) is 4.33. The summed E-state index contributed by atoms with van der Waals surface area (Å²) >= 11 is 0. The van der Waals surface area contributed by atoms with Crippen LogP contribution >= 0.6 is 0 Å².